The summed E-state index contributed by atoms with van der Waals surface area (Å²) in [5.41, 5.74) is -10.1. The molecule has 0 saturated carbocycles. The molecular formula is C6H8F8Si. The summed E-state index contributed by atoms with van der Waals surface area (Å²) in [7, 11) is -5.45. The molecule has 9 heteroatoms. The van der Waals surface area contributed by atoms with E-state index in [0.717, 1.165) is 0 Å². The van der Waals surface area contributed by atoms with Gasteiger partial charge in [0.05, 0.1) is 0 Å². The Labute approximate surface area is 81.3 Å². The van der Waals surface area contributed by atoms with Crippen molar-refractivity contribution in [2.24, 2.45) is 0 Å². The van der Waals surface area contributed by atoms with E-state index in [0.29, 0.717) is 0 Å². The fraction of sp³-hybridized carbons (Fsp3) is 1.00. The Balaban J connectivity index is 5.30. The zero-order valence-electron chi connectivity index (χ0n) is 7.68. The van der Waals surface area contributed by atoms with Crippen molar-refractivity contribution in [2.45, 2.75) is 37.0 Å². The van der Waals surface area contributed by atoms with Crippen LogP contribution in [0.2, 0.25) is 13.1 Å². The van der Waals surface area contributed by atoms with E-state index in [-0.39, 0.29) is 13.1 Å². The molecule has 0 aromatic rings. The van der Waals surface area contributed by atoms with E-state index >= 15 is 0 Å². The molecule has 0 aromatic heterocycles. The highest BCUT2D eigenvalue weighted by molar-refractivity contribution is 6.82. The molecule has 0 spiro atoms. The highest BCUT2D eigenvalue weighted by atomic mass is 28.3. The average Bonchev–Trinajstić information content (AvgIpc) is 2.02. The van der Waals surface area contributed by atoms with Gasteiger partial charge in [-0.05, 0) is 0 Å². The van der Waals surface area contributed by atoms with Crippen LogP contribution in [0.15, 0.2) is 0 Å². The van der Waals surface area contributed by atoms with E-state index in [1.807, 2.05) is 0 Å². The second-order valence-corrected chi connectivity index (χ2v) is 8.06. The molecule has 0 radical (unpaired) electrons. The minimum Gasteiger partial charge on any atom is -0.205 e. The molecule has 0 unspecified atom stereocenters. The molecule has 15 heavy (non-hydrogen) atoms. The molecule has 0 heterocycles. The van der Waals surface area contributed by atoms with Gasteiger partial charge in [-0.15, -0.1) is 0 Å². The topological polar surface area (TPSA) is 0 Å². The first-order valence-corrected chi connectivity index (χ1v) is 6.71. The van der Waals surface area contributed by atoms with Crippen LogP contribution in [0.3, 0.4) is 0 Å². The van der Waals surface area contributed by atoms with Crippen LogP contribution < -0.4 is 0 Å². The van der Waals surface area contributed by atoms with Gasteiger partial charge in [-0.3, -0.25) is 0 Å². The van der Waals surface area contributed by atoms with Crippen molar-refractivity contribution in [1.29, 1.82) is 0 Å². The van der Waals surface area contributed by atoms with Gasteiger partial charge in [-0.1, -0.05) is 13.1 Å². The zero-order valence-corrected chi connectivity index (χ0v) is 8.68. The fourth-order valence-electron chi connectivity index (χ4n) is 0.768. The molecule has 0 bridgehead atoms. The van der Waals surface area contributed by atoms with Crippen LogP contribution in [0.1, 0.15) is 0 Å². The highest BCUT2D eigenvalue weighted by Crippen LogP contribution is 2.45. The average molecular weight is 260 g/mol. The van der Waals surface area contributed by atoms with Crippen molar-refractivity contribution in [3.8, 4) is 0 Å². The quantitative estimate of drug-likeness (QED) is 0.535. The summed E-state index contributed by atoms with van der Waals surface area (Å²) in [4.78, 5) is 0. The van der Waals surface area contributed by atoms with Gasteiger partial charge in [-0.2, -0.15) is 0 Å². The van der Waals surface area contributed by atoms with Crippen LogP contribution in [0.5, 0.6) is 0 Å². The van der Waals surface area contributed by atoms with Gasteiger partial charge >= 0.3 is 0 Å². The van der Waals surface area contributed by atoms with Crippen LogP contribution in [0.25, 0.3) is 0 Å². The van der Waals surface area contributed by atoms with Crippen LogP contribution in [0.4, 0.5) is 35.1 Å². The van der Waals surface area contributed by atoms with E-state index in [4.69, 9.17) is 0 Å². The normalized spacial score (nSPS) is 15.2. The molecule has 0 rings (SSSR count). The van der Waals surface area contributed by atoms with E-state index in [9.17, 15) is 35.1 Å². The molecule has 0 atom stereocenters. The number of alkyl halides is 8. The molecule has 92 valence electrons. The summed E-state index contributed by atoms with van der Waals surface area (Å²) in [6.45, 7) is 0.233. The number of hydrogen-bond acceptors (Lipinski definition) is 0. The predicted molar refractivity (Wildman–Crippen MR) is 39.4 cm³/mol. The first-order valence-electron chi connectivity index (χ1n) is 3.71. The van der Waals surface area contributed by atoms with Gasteiger partial charge in [0.25, 0.3) is 23.9 Å². The first kappa shape index (κ1) is 14.7. The van der Waals surface area contributed by atoms with Crippen molar-refractivity contribution in [3.63, 3.8) is 0 Å². The summed E-state index contributed by atoms with van der Waals surface area (Å²) in [6.07, 6.45) is -8.74. The lowest BCUT2D eigenvalue weighted by Gasteiger charge is -2.36. The van der Waals surface area contributed by atoms with Crippen molar-refractivity contribution in [1.82, 2.24) is 0 Å². The molecule has 0 saturated heterocycles. The van der Waals surface area contributed by atoms with Gasteiger partial charge in [0.15, 0.2) is 0 Å². The predicted octanol–water partition coefficient (Wildman–Crippen LogP) is 3.57. The summed E-state index contributed by atoms with van der Waals surface area (Å²) in [6, 6.07) is 0. The van der Waals surface area contributed by atoms with Crippen molar-refractivity contribution in [2.75, 3.05) is 0 Å². The van der Waals surface area contributed by atoms with Crippen LogP contribution in [-0.4, -0.2) is 32.0 Å². The molecular weight excluding hydrogens is 252 g/mol. The van der Waals surface area contributed by atoms with Crippen molar-refractivity contribution in [3.05, 3.63) is 0 Å². The summed E-state index contributed by atoms with van der Waals surface area (Å²) < 4.78 is 97.9. The largest absolute Gasteiger partial charge is 0.297 e. The molecule has 0 fully saturated rings. The zero-order chi connectivity index (χ0) is 12.7. The second kappa shape index (κ2) is 3.91. The van der Waals surface area contributed by atoms with E-state index in [2.05, 4.69) is 0 Å². The number of rotatable bonds is 4. The van der Waals surface area contributed by atoms with Crippen LogP contribution in [-0.2, 0) is 0 Å². The van der Waals surface area contributed by atoms with Gasteiger partial charge in [0.2, 0.25) is 8.07 Å². The minimum absolute atomic E-state index is 0.116. The third kappa shape index (κ3) is 2.11. The Morgan fingerprint density at radius 2 is 0.933 bits per heavy atom. The maximum Gasteiger partial charge on any atom is 0.297 e. The lowest BCUT2D eigenvalue weighted by Crippen LogP contribution is -2.66. The van der Waals surface area contributed by atoms with Crippen LogP contribution in [0, 0.1) is 0 Å². The monoisotopic (exact) mass is 260 g/mol. The second-order valence-electron chi connectivity index (χ2n) is 3.47. The van der Waals surface area contributed by atoms with Crippen molar-refractivity contribution >= 4 is 8.07 Å². The Kier molecular flexibility index (Phi) is 3.82. The molecule has 0 aliphatic carbocycles. The third-order valence-corrected chi connectivity index (χ3v) is 5.98. The lowest BCUT2D eigenvalue weighted by molar-refractivity contribution is -0.115. The molecule has 0 aliphatic heterocycles. The summed E-state index contributed by atoms with van der Waals surface area (Å²) in [5, 5.41) is 0. The Hall–Kier alpha value is -0.343. The van der Waals surface area contributed by atoms with Gasteiger partial charge in [0, 0.05) is 0 Å². The van der Waals surface area contributed by atoms with Crippen LogP contribution >= 0.6 is 0 Å². The third-order valence-electron chi connectivity index (χ3n) is 2.21. The SMILES string of the molecule is C[Si](C)(C(F)(F)C(F)F)C(F)(F)C(F)F. The van der Waals surface area contributed by atoms with Gasteiger partial charge in [-0.25, -0.2) is 35.1 Å². The fourth-order valence-corrected chi connectivity index (χ4v) is 2.30. The smallest absolute Gasteiger partial charge is 0.205 e. The molecule has 0 N–H and O–H groups in total. The maximum atomic E-state index is 12.7. The highest BCUT2D eigenvalue weighted by Gasteiger charge is 2.71. The minimum atomic E-state index is -5.45. The number of hydrogen-bond donors (Lipinski definition) is 0. The van der Waals surface area contributed by atoms with E-state index < -0.39 is 32.0 Å². The number of halogens is 8. The lowest BCUT2D eigenvalue weighted by atomic mass is 10.7. The summed E-state index contributed by atoms with van der Waals surface area (Å²) in [5.74, 6) is 0. The maximum absolute atomic E-state index is 12.7. The van der Waals surface area contributed by atoms with Gasteiger partial charge in [0.1, 0.15) is 0 Å². The summed E-state index contributed by atoms with van der Waals surface area (Å²) >= 11 is 0. The van der Waals surface area contributed by atoms with E-state index in [1.54, 1.807) is 0 Å². The Morgan fingerprint density at radius 3 is 1.07 bits per heavy atom. The van der Waals surface area contributed by atoms with E-state index in [1.165, 1.54) is 0 Å². The van der Waals surface area contributed by atoms with Crippen molar-refractivity contribution < 1.29 is 35.1 Å². The molecule has 0 aromatic carbocycles. The molecule has 0 amide bonds. The molecule has 0 aliphatic rings. The Bertz CT molecular complexity index is 201. The van der Waals surface area contributed by atoms with Gasteiger partial charge < -0.3 is 0 Å². The Morgan fingerprint density at radius 1 is 0.733 bits per heavy atom. The standard InChI is InChI=1S/C6H8F8Si/c1-15(2,5(11,12)3(7)8)6(13,14)4(9)10/h3-4H,1-2H3. The molecule has 0 nitrogen and oxygen atoms in total. The first-order chi connectivity index (χ1) is 6.39.